The van der Waals surface area contributed by atoms with E-state index in [1.807, 2.05) is 0 Å². The summed E-state index contributed by atoms with van der Waals surface area (Å²) >= 11 is 0. The summed E-state index contributed by atoms with van der Waals surface area (Å²) in [5, 5.41) is 9.17. The lowest BCUT2D eigenvalue weighted by molar-refractivity contribution is -0.463. The topological polar surface area (TPSA) is 37.3 Å². The van der Waals surface area contributed by atoms with Crippen molar-refractivity contribution in [3.05, 3.63) is 30.3 Å². The summed E-state index contributed by atoms with van der Waals surface area (Å²) < 4.78 is 236. The first-order valence-electron chi connectivity index (χ1n) is 8.49. The van der Waals surface area contributed by atoms with E-state index >= 15 is 0 Å². The van der Waals surface area contributed by atoms with Crippen molar-refractivity contribution in [1.82, 2.24) is 0 Å². The Morgan fingerprint density at radius 1 is 0.583 bits per heavy atom. The molecule has 1 aromatic carbocycles. The van der Waals surface area contributed by atoms with E-state index < -0.39 is 75.2 Å². The molecule has 2 nitrogen and oxygen atoms in total. The van der Waals surface area contributed by atoms with Gasteiger partial charge in [0.05, 0.1) is 16.6 Å². The van der Waals surface area contributed by atoms with Gasteiger partial charge in [-0.05, 0) is 12.1 Å². The maximum Gasteiger partial charge on any atom is 0.460 e. The highest BCUT2D eigenvalue weighted by Crippen LogP contribution is 2.64. The number of aliphatic hydroxyl groups is 1. The lowest BCUT2D eigenvalue weighted by atomic mass is 9.88. The van der Waals surface area contributed by atoms with Crippen molar-refractivity contribution in [2.45, 2.75) is 58.6 Å². The smallest absolute Gasteiger partial charge is 0.386 e. The van der Waals surface area contributed by atoms with E-state index in [0.717, 1.165) is 24.3 Å². The number of benzene rings is 1. The fourth-order valence-electron chi connectivity index (χ4n) is 2.30. The Morgan fingerprint density at radius 3 is 1.28 bits per heavy atom. The lowest BCUT2D eigenvalue weighted by Crippen LogP contribution is -2.75. The molecule has 0 fully saturated rings. The molecule has 0 amide bonds. The molecule has 210 valence electrons. The van der Waals surface area contributed by atoms with Gasteiger partial charge in [0.15, 0.2) is 0 Å². The average molecular weight is 588 g/mol. The molecule has 1 N–H and O–H groups in total. The number of hydrogen-bond acceptors (Lipinski definition) is 2. The van der Waals surface area contributed by atoms with Crippen molar-refractivity contribution in [3.63, 3.8) is 0 Å². The van der Waals surface area contributed by atoms with Crippen LogP contribution in [0.3, 0.4) is 0 Å². The number of aliphatic hydroxyl groups excluding tert-OH is 1. The van der Waals surface area contributed by atoms with Crippen molar-refractivity contribution in [1.29, 1.82) is 0 Å². The van der Waals surface area contributed by atoms with E-state index in [1.165, 1.54) is 6.07 Å². The largest absolute Gasteiger partial charge is 0.460 e. The predicted octanol–water partition coefficient (Wildman–Crippen LogP) is 6.16. The molecule has 0 aliphatic rings. The van der Waals surface area contributed by atoms with E-state index in [4.69, 9.17) is 5.11 Å². The average Bonchev–Trinajstić information content (AvgIpc) is 2.72. The molecule has 0 radical (unpaired) electrons. The highest BCUT2D eigenvalue weighted by atomic mass is 32.2. The molecule has 1 aromatic rings. The van der Waals surface area contributed by atoms with Gasteiger partial charge in [-0.3, -0.25) is 4.21 Å². The summed E-state index contributed by atoms with van der Waals surface area (Å²) in [5.74, 6) is -60.1. The predicted molar refractivity (Wildman–Crippen MR) is 84.4 cm³/mol. The van der Waals surface area contributed by atoms with Gasteiger partial charge in [-0.15, -0.1) is 0 Å². The first kappa shape index (κ1) is 32.2. The van der Waals surface area contributed by atoms with Crippen LogP contribution < -0.4 is 0 Å². The van der Waals surface area contributed by atoms with Crippen LogP contribution in [0.5, 0.6) is 0 Å². The Kier molecular flexibility index (Phi) is 8.18. The third-order valence-electron chi connectivity index (χ3n) is 4.48. The highest BCUT2D eigenvalue weighted by molar-refractivity contribution is 7.85. The fraction of sp³-hybridized carbons (Fsp3) is 0.625. The van der Waals surface area contributed by atoms with Gasteiger partial charge in [-0.25, -0.2) is 0 Å². The molecule has 0 saturated heterocycles. The molecule has 0 bridgehead atoms. The summed E-state index contributed by atoms with van der Waals surface area (Å²) in [7, 11) is -2.98. The first-order valence-corrected chi connectivity index (χ1v) is 9.81. The first-order chi connectivity index (χ1) is 15.7. The molecular formula is C16H9F17O2S. The molecule has 0 aromatic heterocycles. The van der Waals surface area contributed by atoms with Crippen LogP contribution in [-0.4, -0.2) is 68.8 Å². The Labute approximate surface area is 190 Å². The van der Waals surface area contributed by atoms with Gasteiger partial charge in [-0.1, -0.05) is 18.2 Å². The molecule has 0 aliphatic carbocycles. The summed E-state index contributed by atoms with van der Waals surface area (Å²) in [5.41, 5.74) is 0. The van der Waals surface area contributed by atoms with Crippen molar-refractivity contribution in [2.24, 2.45) is 0 Å². The van der Waals surface area contributed by atoms with E-state index in [-0.39, 0.29) is 0 Å². The quantitative estimate of drug-likeness (QED) is 0.333. The van der Waals surface area contributed by atoms with Gasteiger partial charge in [0.2, 0.25) is 0 Å². The maximum atomic E-state index is 13.9. The van der Waals surface area contributed by atoms with Crippen molar-refractivity contribution in [3.8, 4) is 0 Å². The van der Waals surface area contributed by atoms with Gasteiger partial charge >= 0.3 is 47.6 Å². The zero-order chi connectivity index (χ0) is 29.0. The van der Waals surface area contributed by atoms with E-state index in [2.05, 4.69) is 0 Å². The van der Waals surface area contributed by atoms with Crippen LogP contribution in [0, 0.1) is 0 Å². The standard InChI is InChI=1S/C16H9F17O2S/c17-9(18,8(34)6-36(35)7-4-2-1-3-5-7)10(19,20)11(21,22)12(23,24)13(25,26)14(27,28)15(29,30)16(31,32)33/h1-5,8,34H,6H2. The fourth-order valence-corrected chi connectivity index (χ4v) is 3.45. The number of halogens is 17. The van der Waals surface area contributed by atoms with Crippen molar-refractivity contribution < 1.29 is 84.0 Å². The lowest BCUT2D eigenvalue weighted by Gasteiger charge is -2.43. The minimum atomic E-state index is -8.75. The second-order valence-corrected chi connectivity index (χ2v) is 8.40. The Hall–Kier alpha value is -1.86. The molecule has 0 heterocycles. The second kappa shape index (κ2) is 9.16. The number of rotatable bonds is 10. The molecule has 36 heavy (non-hydrogen) atoms. The van der Waals surface area contributed by atoms with Gasteiger partial charge in [0.1, 0.15) is 6.10 Å². The van der Waals surface area contributed by atoms with Crippen LogP contribution in [0.2, 0.25) is 0 Å². The van der Waals surface area contributed by atoms with Crippen LogP contribution in [0.4, 0.5) is 74.6 Å². The third kappa shape index (κ3) is 4.51. The molecule has 1 rings (SSSR count). The minimum Gasteiger partial charge on any atom is -0.386 e. The summed E-state index contributed by atoms with van der Waals surface area (Å²) in [4.78, 5) is -0.548. The molecule has 0 spiro atoms. The van der Waals surface area contributed by atoms with E-state index in [1.54, 1.807) is 0 Å². The van der Waals surface area contributed by atoms with Crippen LogP contribution in [0.1, 0.15) is 0 Å². The van der Waals surface area contributed by atoms with Crippen LogP contribution >= 0.6 is 0 Å². The molecule has 20 heteroatoms. The highest BCUT2D eigenvalue weighted by Gasteiger charge is 2.95. The number of alkyl halides is 17. The normalized spacial score (nSPS) is 17.2. The summed E-state index contributed by atoms with van der Waals surface area (Å²) in [6, 6.07) is 5.01. The zero-order valence-electron chi connectivity index (χ0n) is 16.4. The van der Waals surface area contributed by atoms with Gasteiger partial charge in [-0.2, -0.15) is 74.6 Å². The molecule has 2 unspecified atom stereocenters. The monoisotopic (exact) mass is 588 g/mol. The molecule has 0 saturated carbocycles. The van der Waals surface area contributed by atoms with Crippen LogP contribution in [0.15, 0.2) is 35.2 Å². The van der Waals surface area contributed by atoms with Gasteiger partial charge < -0.3 is 5.11 Å². The van der Waals surface area contributed by atoms with Crippen molar-refractivity contribution >= 4 is 10.8 Å². The molecular weight excluding hydrogens is 579 g/mol. The summed E-state index contributed by atoms with van der Waals surface area (Å²) in [6.07, 6.45) is -12.2. The van der Waals surface area contributed by atoms with Gasteiger partial charge in [0.25, 0.3) is 0 Å². The SMILES string of the molecule is O=S(CC(O)C(F)(F)C(F)(F)C(F)(F)C(F)(F)C(F)(F)C(F)(F)C(F)(F)C(F)(F)F)c1ccccc1. The van der Waals surface area contributed by atoms with Crippen LogP contribution in [0.25, 0.3) is 0 Å². The third-order valence-corrected chi connectivity index (χ3v) is 5.90. The summed E-state index contributed by atoms with van der Waals surface area (Å²) in [6.45, 7) is 0. The minimum absolute atomic E-state index is 0.548. The zero-order valence-corrected chi connectivity index (χ0v) is 17.2. The molecule has 0 aliphatic heterocycles. The van der Waals surface area contributed by atoms with E-state index in [0.29, 0.717) is 0 Å². The Balaban J connectivity index is 3.52. The van der Waals surface area contributed by atoms with Crippen LogP contribution in [-0.2, 0) is 10.8 Å². The number of hydrogen-bond donors (Lipinski definition) is 1. The maximum absolute atomic E-state index is 13.9. The van der Waals surface area contributed by atoms with Crippen molar-refractivity contribution in [2.75, 3.05) is 5.75 Å². The molecule has 2 atom stereocenters. The Bertz CT molecular complexity index is 942. The Morgan fingerprint density at radius 2 is 0.917 bits per heavy atom. The van der Waals surface area contributed by atoms with Gasteiger partial charge in [0, 0.05) is 4.90 Å². The second-order valence-electron chi connectivity index (χ2n) is 6.91. The van der Waals surface area contributed by atoms with E-state index in [9.17, 15) is 78.8 Å².